The van der Waals surface area contributed by atoms with Crippen LogP contribution in [0.2, 0.25) is 0 Å². The molecule has 1 saturated heterocycles. The van der Waals surface area contributed by atoms with Crippen LogP contribution < -0.4 is 0 Å². The first-order valence-corrected chi connectivity index (χ1v) is 5.36. The molecule has 4 nitrogen and oxygen atoms in total. The van der Waals surface area contributed by atoms with E-state index in [4.69, 9.17) is 5.11 Å². The number of carboxylic acid groups (broad SMARTS) is 1. The van der Waals surface area contributed by atoms with E-state index in [9.17, 15) is 9.90 Å². The van der Waals surface area contributed by atoms with Crippen LogP contribution in [-0.2, 0) is 11.3 Å². The Morgan fingerprint density at radius 3 is 2.69 bits per heavy atom. The standard InChI is InChI=1S/C12H15NO3/c14-11-4-2-1-3-10(11)8-13-6-9(7-13)5-12(15)16/h1-4,9,14H,5-8H2,(H,15,16). The van der Waals surface area contributed by atoms with E-state index in [1.165, 1.54) is 0 Å². The first-order valence-electron chi connectivity index (χ1n) is 5.36. The third-order valence-electron chi connectivity index (χ3n) is 2.88. The summed E-state index contributed by atoms with van der Waals surface area (Å²) in [7, 11) is 0. The molecule has 1 aromatic rings. The number of phenolic OH excluding ortho intramolecular Hbond substituents is 1. The van der Waals surface area contributed by atoms with E-state index >= 15 is 0 Å². The molecule has 16 heavy (non-hydrogen) atoms. The van der Waals surface area contributed by atoms with Gasteiger partial charge >= 0.3 is 5.97 Å². The summed E-state index contributed by atoms with van der Waals surface area (Å²) in [4.78, 5) is 12.6. The molecule has 4 heteroatoms. The molecule has 1 aliphatic rings. The van der Waals surface area contributed by atoms with Gasteiger partial charge in [0.15, 0.2) is 0 Å². The lowest BCUT2D eigenvalue weighted by molar-refractivity contribution is -0.139. The van der Waals surface area contributed by atoms with Crippen molar-refractivity contribution in [3.8, 4) is 5.75 Å². The zero-order valence-electron chi connectivity index (χ0n) is 8.97. The number of nitrogens with zero attached hydrogens (tertiary/aromatic N) is 1. The Kier molecular flexibility index (Phi) is 3.10. The van der Waals surface area contributed by atoms with E-state index in [0.29, 0.717) is 12.3 Å². The monoisotopic (exact) mass is 221 g/mol. The van der Waals surface area contributed by atoms with Crippen molar-refractivity contribution in [3.05, 3.63) is 29.8 Å². The van der Waals surface area contributed by atoms with Crippen LogP contribution >= 0.6 is 0 Å². The fraction of sp³-hybridized carbons (Fsp3) is 0.417. The number of phenols is 1. The smallest absolute Gasteiger partial charge is 0.303 e. The summed E-state index contributed by atoms with van der Waals surface area (Å²) in [6.45, 7) is 2.31. The van der Waals surface area contributed by atoms with Crippen molar-refractivity contribution in [3.63, 3.8) is 0 Å². The fourth-order valence-electron chi connectivity index (χ4n) is 2.07. The highest BCUT2D eigenvalue weighted by atomic mass is 16.4. The van der Waals surface area contributed by atoms with Gasteiger partial charge in [0.25, 0.3) is 0 Å². The summed E-state index contributed by atoms with van der Waals surface area (Å²) in [5.41, 5.74) is 0.899. The summed E-state index contributed by atoms with van der Waals surface area (Å²) in [6.07, 6.45) is 0.247. The molecule has 0 radical (unpaired) electrons. The van der Waals surface area contributed by atoms with Gasteiger partial charge in [0.2, 0.25) is 0 Å². The Bertz CT molecular complexity index is 386. The van der Waals surface area contributed by atoms with E-state index < -0.39 is 5.97 Å². The van der Waals surface area contributed by atoms with Crippen molar-refractivity contribution in [2.24, 2.45) is 5.92 Å². The Morgan fingerprint density at radius 2 is 2.06 bits per heavy atom. The second kappa shape index (κ2) is 4.53. The Balaban J connectivity index is 1.82. The number of carboxylic acids is 1. The first-order chi connectivity index (χ1) is 7.65. The average molecular weight is 221 g/mol. The molecule has 0 spiro atoms. The second-order valence-electron chi connectivity index (χ2n) is 4.29. The lowest BCUT2D eigenvalue weighted by Gasteiger charge is -2.38. The molecule has 0 unspecified atom stereocenters. The SMILES string of the molecule is O=C(O)CC1CN(Cc2ccccc2O)C1. The summed E-state index contributed by atoms with van der Waals surface area (Å²) >= 11 is 0. The number of para-hydroxylation sites is 1. The maximum atomic E-state index is 10.5. The van der Waals surface area contributed by atoms with Gasteiger partial charge in [-0.3, -0.25) is 9.69 Å². The first kappa shape index (κ1) is 11.0. The zero-order chi connectivity index (χ0) is 11.5. The number of rotatable bonds is 4. The largest absolute Gasteiger partial charge is 0.508 e. The third kappa shape index (κ3) is 2.52. The molecule has 1 aromatic carbocycles. The molecule has 1 heterocycles. The Morgan fingerprint density at radius 1 is 1.38 bits per heavy atom. The van der Waals surface area contributed by atoms with Crippen LogP contribution in [0.4, 0.5) is 0 Å². The molecule has 86 valence electrons. The number of aromatic hydroxyl groups is 1. The number of hydrogen-bond acceptors (Lipinski definition) is 3. The molecule has 0 atom stereocenters. The number of likely N-dealkylation sites (tertiary alicyclic amines) is 1. The molecule has 2 rings (SSSR count). The van der Waals surface area contributed by atoms with Crippen LogP contribution in [0.15, 0.2) is 24.3 Å². The molecule has 2 N–H and O–H groups in total. The summed E-state index contributed by atoms with van der Waals surface area (Å²) in [5.74, 6) is -0.153. The molecular formula is C12H15NO3. The van der Waals surface area contributed by atoms with Crippen LogP contribution in [0.3, 0.4) is 0 Å². The highest BCUT2D eigenvalue weighted by Gasteiger charge is 2.28. The van der Waals surface area contributed by atoms with Crippen molar-refractivity contribution >= 4 is 5.97 Å². The molecule has 0 saturated carbocycles. The summed E-state index contributed by atoms with van der Waals surface area (Å²) in [5, 5.41) is 18.2. The topological polar surface area (TPSA) is 60.8 Å². The molecule has 0 aliphatic carbocycles. The van der Waals surface area contributed by atoms with Gasteiger partial charge in [0.05, 0.1) is 6.42 Å². The van der Waals surface area contributed by atoms with Crippen LogP contribution in [0.1, 0.15) is 12.0 Å². The molecule has 0 bridgehead atoms. The maximum Gasteiger partial charge on any atom is 0.303 e. The van der Waals surface area contributed by atoms with Gasteiger partial charge in [0, 0.05) is 25.2 Å². The minimum absolute atomic E-state index is 0.247. The van der Waals surface area contributed by atoms with Crippen molar-refractivity contribution in [2.75, 3.05) is 13.1 Å². The predicted octanol–water partition coefficient (Wildman–Crippen LogP) is 1.30. The van der Waals surface area contributed by atoms with E-state index in [0.717, 1.165) is 18.7 Å². The van der Waals surface area contributed by atoms with Crippen molar-refractivity contribution < 1.29 is 15.0 Å². The molecule has 1 aliphatic heterocycles. The van der Waals surface area contributed by atoms with Gasteiger partial charge in [-0.2, -0.15) is 0 Å². The van der Waals surface area contributed by atoms with Crippen LogP contribution in [0.5, 0.6) is 5.75 Å². The quantitative estimate of drug-likeness (QED) is 0.804. The minimum atomic E-state index is -0.729. The van der Waals surface area contributed by atoms with E-state index in [1.807, 2.05) is 12.1 Å². The van der Waals surface area contributed by atoms with E-state index in [2.05, 4.69) is 4.90 Å². The lowest BCUT2D eigenvalue weighted by Crippen LogP contribution is -2.46. The Hall–Kier alpha value is -1.55. The summed E-state index contributed by atoms with van der Waals surface area (Å²) < 4.78 is 0. The van der Waals surface area contributed by atoms with Gasteiger partial charge in [-0.05, 0) is 12.0 Å². The van der Waals surface area contributed by atoms with Crippen molar-refractivity contribution in [1.82, 2.24) is 4.90 Å². The number of aliphatic carboxylic acids is 1. The molecular weight excluding hydrogens is 206 g/mol. The van der Waals surface area contributed by atoms with Crippen LogP contribution in [0.25, 0.3) is 0 Å². The normalized spacial score (nSPS) is 17.0. The van der Waals surface area contributed by atoms with Gasteiger partial charge in [-0.15, -0.1) is 0 Å². The van der Waals surface area contributed by atoms with Crippen LogP contribution in [0, 0.1) is 5.92 Å². The zero-order valence-corrected chi connectivity index (χ0v) is 8.97. The molecule has 0 aromatic heterocycles. The Labute approximate surface area is 94.1 Å². The third-order valence-corrected chi connectivity index (χ3v) is 2.88. The minimum Gasteiger partial charge on any atom is -0.508 e. The van der Waals surface area contributed by atoms with Gasteiger partial charge in [0.1, 0.15) is 5.75 Å². The van der Waals surface area contributed by atoms with Crippen LogP contribution in [-0.4, -0.2) is 34.2 Å². The predicted molar refractivity (Wildman–Crippen MR) is 59.1 cm³/mol. The van der Waals surface area contributed by atoms with Crippen molar-refractivity contribution in [2.45, 2.75) is 13.0 Å². The number of benzene rings is 1. The highest BCUT2D eigenvalue weighted by molar-refractivity contribution is 5.67. The highest BCUT2D eigenvalue weighted by Crippen LogP contribution is 2.24. The summed E-state index contributed by atoms with van der Waals surface area (Å²) in [6, 6.07) is 7.25. The molecule has 1 fully saturated rings. The van der Waals surface area contributed by atoms with Gasteiger partial charge in [-0.25, -0.2) is 0 Å². The fourth-order valence-corrected chi connectivity index (χ4v) is 2.07. The maximum absolute atomic E-state index is 10.5. The number of carbonyl (C=O) groups is 1. The average Bonchev–Trinajstić information content (AvgIpc) is 2.17. The molecule has 0 amide bonds. The van der Waals surface area contributed by atoms with Crippen molar-refractivity contribution in [1.29, 1.82) is 0 Å². The number of hydrogen-bond donors (Lipinski definition) is 2. The van der Waals surface area contributed by atoms with E-state index in [1.54, 1.807) is 12.1 Å². The second-order valence-corrected chi connectivity index (χ2v) is 4.29. The lowest BCUT2D eigenvalue weighted by atomic mass is 9.96. The van der Waals surface area contributed by atoms with E-state index in [-0.39, 0.29) is 12.3 Å². The van der Waals surface area contributed by atoms with Gasteiger partial charge in [-0.1, -0.05) is 18.2 Å². The van der Waals surface area contributed by atoms with Gasteiger partial charge < -0.3 is 10.2 Å².